The number of amides is 2. The summed E-state index contributed by atoms with van der Waals surface area (Å²) in [6, 6.07) is 13.2. The molecule has 8 nitrogen and oxygen atoms in total. The minimum Gasteiger partial charge on any atom is -0.389 e. The van der Waals surface area contributed by atoms with E-state index in [2.05, 4.69) is 15.3 Å². The van der Waals surface area contributed by atoms with Crippen molar-refractivity contribution in [2.45, 2.75) is 70.9 Å². The van der Waals surface area contributed by atoms with E-state index in [9.17, 15) is 18.7 Å². The normalized spacial score (nSPS) is 17.1. The van der Waals surface area contributed by atoms with Gasteiger partial charge in [0.25, 0.3) is 0 Å². The number of halogens is 2. The number of ether oxygens (including phenoxy) is 1. The van der Waals surface area contributed by atoms with Crippen LogP contribution in [0.2, 0.25) is 0 Å². The number of primary amides is 1. The fraction of sp³-hybridized carbons (Fsp3) is 0.484. The van der Waals surface area contributed by atoms with Crippen molar-refractivity contribution in [1.82, 2.24) is 14.7 Å². The van der Waals surface area contributed by atoms with Gasteiger partial charge >= 0.3 is 6.03 Å². The third kappa shape index (κ3) is 8.12. The predicted molar refractivity (Wildman–Crippen MR) is 157 cm³/mol. The molecule has 41 heavy (non-hydrogen) atoms. The Morgan fingerprint density at radius 1 is 1.17 bits per heavy atom. The molecule has 0 radical (unpaired) electrons. The summed E-state index contributed by atoms with van der Waals surface area (Å²) in [6.07, 6.45) is 3.85. The van der Waals surface area contributed by atoms with Crippen LogP contribution in [0, 0.1) is 11.6 Å². The fourth-order valence-corrected chi connectivity index (χ4v) is 5.42. The van der Waals surface area contributed by atoms with Crippen molar-refractivity contribution in [3.05, 3.63) is 77.0 Å². The molecule has 2 heterocycles. The minimum absolute atomic E-state index is 0.113. The molecule has 1 saturated heterocycles. The zero-order valence-corrected chi connectivity index (χ0v) is 24.7. The number of para-hydroxylation sites is 1. The molecule has 2 unspecified atom stereocenters. The van der Waals surface area contributed by atoms with Gasteiger partial charge in [0.1, 0.15) is 5.82 Å². The number of nitrogens with one attached hydrogen (secondary N) is 1. The molecule has 2 aliphatic rings. The number of carbonyl (C=O) groups excluding carboxylic acids is 1. The number of hydrogen-bond acceptors (Lipinski definition) is 5. The SMILES string of the molecule is CC.COCC(N1CCC(c2ccc(F)c(F)c2)C1)C(C)(C)O.NC(=O)Nc1c2c(nn1-c1ccccc1)CCC2. The Kier molecular flexibility index (Phi) is 11.4. The van der Waals surface area contributed by atoms with E-state index in [0.29, 0.717) is 19.0 Å². The maximum atomic E-state index is 13.3. The van der Waals surface area contributed by atoms with Crippen molar-refractivity contribution in [1.29, 1.82) is 0 Å². The molecule has 0 saturated carbocycles. The van der Waals surface area contributed by atoms with Gasteiger partial charge in [0.15, 0.2) is 11.6 Å². The second kappa shape index (κ2) is 14.5. The Balaban J connectivity index is 0.000000214. The summed E-state index contributed by atoms with van der Waals surface area (Å²) in [7, 11) is 1.61. The van der Waals surface area contributed by atoms with Gasteiger partial charge < -0.3 is 15.6 Å². The molecule has 1 fully saturated rings. The van der Waals surface area contributed by atoms with Crippen LogP contribution in [0.25, 0.3) is 5.69 Å². The van der Waals surface area contributed by atoms with Crippen molar-refractivity contribution in [3.8, 4) is 5.69 Å². The Hall–Kier alpha value is -3.34. The largest absolute Gasteiger partial charge is 0.389 e. The van der Waals surface area contributed by atoms with Gasteiger partial charge in [-0.25, -0.2) is 18.3 Å². The number of aliphatic hydroxyl groups is 1. The zero-order chi connectivity index (χ0) is 30.2. The molecule has 4 N–H and O–H groups in total. The summed E-state index contributed by atoms with van der Waals surface area (Å²) < 4.78 is 33.3. The molecule has 10 heteroatoms. The van der Waals surface area contributed by atoms with Gasteiger partial charge in [0.05, 0.1) is 29.6 Å². The molecular formula is C31H43F2N5O3. The first-order valence-electron chi connectivity index (χ1n) is 14.2. The monoisotopic (exact) mass is 571 g/mol. The first-order valence-corrected chi connectivity index (χ1v) is 14.2. The molecule has 0 bridgehead atoms. The molecule has 2 atom stereocenters. The molecule has 2 amide bonds. The van der Waals surface area contributed by atoms with Gasteiger partial charge in [-0.15, -0.1) is 0 Å². The molecule has 224 valence electrons. The van der Waals surface area contributed by atoms with E-state index in [0.717, 1.165) is 54.7 Å². The van der Waals surface area contributed by atoms with E-state index < -0.39 is 23.3 Å². The molecule has 3 aromatic rings. The summed E-state index contributed by atoms with van der Waals surface area (Å²) in [5.41, 5.74) is 8.26. The minimum atomic E-state index is -0.876. The van der Waals surface area contributed by atoms with E-state index in [1.54, 1.807) is 31.7 Å². The van der Waals surface area contributed by atoms with Crippen molar-refractivity contribution in [2.24, 2.45) is 5.73 Å². The van der Waals surface area contributed by atoms with Crippen LogP contribution in [0.3, 0.4) is 0 Å². The van der Waals surface area contributed by atoms with Crippen LogP contribution in [0.5, 0.6) is 0 Å². The Morgan fingerprint density at radius 2 is 1.88 bits per heavy atom. The van der Waals surface area contributed by atoms with Crippen LogP contribution in [-0.4, -0.2) is 64.3 Å². The van der Waals surface area contributed by atoms with Crippen LogP contribution in [-0.2, 0) is 17.6 Å². The van der Waals surface area contributed by atoms with E-state index in [-0.39, 0.29) is 12.0 Å². The second-order valence-corrected chi connectivity index (χ2v) is 10.6. The summed E-state index contributed by atoms with van der Waals surface area (Å²) in [4.78, 5) is 13.3. The number of benzene rings is 2. The summed E-state index contributed by atoms with van der Waals surface area (Å²) in [6.45, 7) is 9.49. The molecule has 1 aromatic heterocycles. The number of aryl methyl sites for hydroxylation is 1. The van der Waals surface area contributed by atoms with Gasteiger partial charge in [-0.05, 0) is 81.8 Å². The van der Waals surface area contributed by atoms with E-state index >= 15 is 0 Å². The standard InChI is InChI=1S/C16H23F2NO2.C13H14N4O.C2H6/c1-16(2,20)15(10-21-3)19-7-6-12(9-19)11-4-5-13(17)14(18)8-11;14-13(18)15-12-10-7-4-8-11(10)16-17(12)9-5-2-1-3-6-9;1-2/h4-5,8,12,15,20H,6-7,9-10H2,1-3H3;1-3,5-6H,4,7-8H2,(H3,14,15,18);1-2H3. The van der Waals surface area contributed by atoms with E-state index in [4.69, 9.17) is 10.5 Å². The van der Waals surface area contributed by atoms with Gasteiger partial charge in [-0.1, -0.05) is 38.1 Å². The van der Waals surface area contributed by atoms with Crippen LogP contribution in [0.15, 0.2) is 48.5 Å². The van der Waals surface area contributed by atoms with Crippen molar-refractivity contribution < 1.29 is 23.4 Å². The van der Waals surface area contributed by atoms with Crippen LogP contribution < -0.4 is 11.1 Å². The van der Waals surface area contributed by atoms with Gasteiger partial charge in [0.2, 0.25) is 0 Å². The number of anilines is 1. The maximum Gasteiger partial charge on any atom is 0.317 e. The third-order valence-corrected chi connectivity index (χ3v) is 7.36. The van der Waals surface area contributed by atoms with Crippen LogP contribution in [0.1, 0.15) is 63.3 Å². The highest BCUT2D eigenvalue weighted by Gasteiger charge is 2.37. The van der Waals surface area contributed by atoms with Crippen molar-refractivity contribution in [2.75, 3.05) is 32.1 Å². The Bertz CT molecular complexity index is 1280. The number of urea groups is 1. The molecule has 1 aliphatic heterocycles. The van der Waals surface area contributed by atoms with Crippen LogP contribution in [0.4, 0.5) is 19.4 Å². The summed E-state index contributed by atoms with van der Waals surface area (Å²) >= 11 is 0. The lowest BCUT2D eigenvalue weighted by Crippen LogP contribution is -2.51. The fourth-order valence-electron chi connectivity index (χ4n) is 5.42. The molecule has 1 aliphatic carbocycles. The average molecular weight is 572 g/mol. The molecule has 5 rings (SSSR count). The lowest BCUT2D eigenvalue weighted by molar-refractivity contribution is -0.0437. The molecule has 2 aromatic carbocycles. The maximum absolute atomic E-state index is 13.3. The number of carbonyl (C=O) groups is 1. The summed E-state index contributed by atoms with van der Waals surface area (Å²) in [5.74, 6) is -0.757. The van der Waals surface area contributed by atoms with Crippen molar-refractivity contribution in [3.63, 3.8) is 0 Å². The lowest BCUT2D eigenvalue weighted by atomic mass is 9.97. The first-order chi connectivity index (χ1) is 19.6. The van der Waals surface area contributed by atoms with E-state index in [1.807, 2.05) is 44.2 Å². The summed E-state index contributed by atoms with van der Waals surface area (Å²) in [5, 5.41) is 17.5. The highest BCUT2D eigenvalue weighted by molar-refractivity contribution is 5.88. The number of methoxy groups -OCH3 is 1. The highest BCUT2D eigenvalue weighted by atomic mass is 19.2. The number of nitrogens with zero attached hydrogens (tertiary/aromatic N) is 3. The molecular weight excluding hydrogens is 528 g/mol. The number of hydrogen-bond donors (Lipinski definition) is 3. The van der Waals surface area contributed by atoms with Crippen molar-refractivity contribution >= 4 is 11.8 Å². The number of nitrogens with two attached hydrogens (primary N) is 1. The Labute approximate surface area is 241 Å². The number of rotatable bonds is 7. The zero-order valence-electron chi connectivity index (χ0n) is 24.7. The topological polar surface area (TPSA) is 106 Å². The van der Waals surface area contributed by atoms with Gasteiger partial charge in [-0.2, -0.15) is 5.10 Å². The van der Waals surface area contributed by atoms with Gasteiger partial charge in [-0.3, -0.25) is 10.2 Å². The quantitative estimate of drug-likeness (QED) is 0.351. The second-order valence-electron chi connectivity index (χ2n) is 10.6. The third-order valence-electron chi connectivity index (χ3n) is 7.36. The number of fused-ring (bicyclic) bond motifs is 1. The van der Waals surface area contributed by atoms with Crippen LogP contribution >= 0.6 is 0 Å². The Morgan fingerprint density at radius 3 is 2.49 bits per heavy atom. The number of likely N-dealkylation sites (tertiary alicyclic amines) is 1. The smallest absolute Gasteiger partial charge is 0.317 e. The average Bonchev–Trinajstić information content (AvgIpc) is 3.68. The molecule has 0 spiro atoms. The first kappa shape index (κ1) is 32.2. The lowest BCUT2D eigenvalue weighted by Gasteiger charge is -2.36. The predicted octanol–water partition coefficient (Wildman–Crippen LogP) is 5.42. The van der Waals surface area contributed by atoms with Gasteiger partial charge in [0, 0.05) is 19.2 Å². The van der Waals surface area contributed by atoms with E-state index in [1.165, 1.54) is 12.1 Å². The number of aromatic nitrogens is 2. The highest BCUT2D eigenvalue weighted by Crippen LogP contribution is 2.32.